The lowest BCUT2D eigenvalue weighted by Gasteiger charge is -2.27. The van der Waals surface area contributed by atoms with Crippen molar-refractivity contribution in [1.82, 2.24) is 0 Å². The number of hydrogen-bond donors (Lipinski definition) is 1. The first-order chi connectivity index (χ1) is 20.1. The predicted molar refractivity (Wildman–Crippen MR) is 165 cm³/mol. The summed E-state index contributed by atoms with van der Waals surface area (Å²) < 4.78 is 11.9. The highest BCUT2D eigenvalue weighted by atomic mass is 16.5. The Labute approximate surface area is 246 Å². The molecule has 214 valence electrons. The Morgan fingerprint density at radius 3 is 2.24 bits per heavy atom. The molecule has 1 atom stereocenters. The van der Waals surface area contributed by atoms with E-state index in [4.69, 9.17) is 9.47 Å². The van der Waals surface area contributed by atoms with Gasteiger partial charge in [-0.05, 0) is 78.9 Å². The summed E-state index contributed by atoms with van der Waals surface area (Å²) in [6.45, 7) is 10.5. The molecular weight excluding hydrogens is 526 g/mol. The lowest BCUT2D eigenvalue weighted by Crippen LogP contribution is -2.30. The van der Waals surface area contributed by atoms with Crippen LogP contribution in [0.4, 0.5) is 5.69 Å². The maximum absolute atomic E-state index is 13.8. The van der Waals surface area contributed by atoms with Crippen LogP contribution in [0.1, 0.15) is 56.0 Å². The molecule has 0 aliphatic carbocycles. The molecule has 0 radical (unpaired) electrons. The van der Waals surface area contributed by atoms with Crippen LogP contribution in [0.2, 0.25) is 0 Å². The number of nitrogens with zero attached hydrogens (tertiary/aromatic N) is 1. The molecule has 5 rings (SSSR count). The third-order valence-electron chi connectivity index (χ3n) is 7.33. The average molecular weight is 562 g/mol. The Morgan fingerprint density at radius 1 is 0.857 bits per heavy atom. The highest BCUT2D eigenvalue weighted by Crippen LogP contribution is 2.44. The quantitative estimate of drug-likeness (QED) is 0.140. The summed E-state index contributed by atoms with van der Waals surface area (Å²) in [5.41, 5.74) is 3.11. The minimum atomic E-state index is -0.880. The topological polar surface area (TPSA) is 76.1 Å². The zero-order valence-corrected chi connectivity index (χ0v) is 24.5. The number of ketones is 1. The van der Waals surface area contributed by atoms with Gasteiger partial charge in [-0.25, -0.2) is 0 Å². The Balaban J connectivity index is 1.70. The number of aryl methyl sites for hydroxylation is 1. The maximum atomic E-state index is 13.8. The number of carbonyl (C=O) groups excluding carboxylic acids is 2. The minimum Gasteiger partial charge on any atom is -0.507 e. The second-order valence-electron chi connectivity index (χ2n) is 11.3. The molecule has 4 aromatic carbocycles. The van der Waals surface area contributed by atoms with Crippen LogP contribution in [0, 0.1) is 6.92 Å². The van der Waals surface area contributed by atoms with Crippen molar-refractivity contribution < 1.29 is 24.2 Å². The van der Waals surface area contributed by atoms with E-state index in [9.17, 15) is 14.7 Å². The highest BCUT2D eigenvalue weighted by Gasteiger charge is 2.47. The number of benzene rings is 4. The summed E-state index contributed by atoms with van der Waals surface area (Å²) in [6.07, 6.45) is 0. The van der Waals surface area contributed by atoms with Gasteiger partial charge in [-0.3, -0.25) is 14.5 Å². The lowest BCUT2D eigenvalue weighted by molar-refractivity contribution is -0.132. The normalized spacial score (nSPS) is 16.5. The fourth-order valence-corrected chi connectivity index (χ4v) is 5.30. The van der Waals surface area contributed by atoms with E-state index >= 15 is 0 Å². The van der Waals surface area contributed by atoms with Crippen LogP contribution in [0.25, 0.3) is 5.76 Å². The second kappa shape index (κ2) is 11.6. The fourth-order valence-electron chi connectivity index (χ4n) is 5.30. The summed E-state index contributed by atoms with van der Waals surface area (Å²) >= 11 is 0. The minimum absolute atomic E-state index is 0.0177. The van der Waals surface area contributed by atoms with Crippen LogP contribution in [0.3, 0.4) is 0 Å². The van der Waals surface area contributed by atoms with Crippen LogP contribution in [0.15, 0.2) is 103 Å². The Hall–Kier alpha value is -4.84. The van der Waals surface area contributed by atoms with Gasteiger partial charge in [0.2, 0.25) is 0 Å². The van der Waals surface area contributed by atoms with Gasteiger partial charge >= 0.3 is 0 Å². The molecule has 1 saturated heterocycles. The zero-order chi connectivity index (χ0) is 30.0. The van der Waals surface area contributed by atoms with Gasteiger partial charge in [0.1, 0.15) is 23.0 Å². The number of Topliss-reactive ketones (excluding diaryl/α,β-unsaturated/α-hetero) is 1. The summed E-state index contributed by atoms with van der Waals surface area (Å²) in [4.78, 5) is 28.9. The van der Waals surface area contributed by atoms with Gasteiger partial charge in [-0.1, -0.05) is 69.3 Å². The molecule has 1 amide bonds. The van der Waals surface area contributed by atoms with E-state index in [2.05, 4.69) is 20.8 Å². The molecule has 4 aromatic rings. The Morgan fingerprint density at radius 2 is 1.55 bits per heavy atom. The summed E-state index contributed by atoms with van der Waals surface area (Å²) in [5, 5.41) is 11.8. The number of amides is 1. The molecule has 1 unspecified atom stereocenters. The van der Waals surface area contributed by atoms with Crippen molar-refractivity contribution in [3.05, 3.63) is 125 Å². The first-order valence-corrected chi connectivity index (χ1v) is 14.1. The van der Waals surface area contributed by atoms with Crippen LogP contribution < -0.4 is 14.4 Å². The Bertz CT molecular complexity index is 1670. The lowest BCUT2D eigenvalue weighted by atomic mass is 9.84. The number of aliphatic hydroxyl groups is 1. The van der Waals surface area contributed by atoms with Gasteiger partial charge in [0.15, 0.2) is 0 Å². The molecule has 0 bridgehead atoms. The first kappa shape index (κ1) is 28.7. The van der Waals surface area contributed by atoms with E-state index in [1.807, 2.05) is 92.7 Å². The standard InChI is InChI=1S/C36H35NO5/c1-6-41-30-20-19-25(22-28(30)36(3,4)5)33(38)31-32(37(35(40)34(31)39)29-18-11-10-13-23(29)2)24-14-12-17-27(21-24)42-26-15-8-7-9-16-26/h7-22,32,38H,6H2,1-5H3/b33-31+. The van der Waals surface area contributed by atoms with E-state index in [0.29, 0.717) is 40.7 Å². The third kappa shape index (κ3) is 5.53. The molecular formula is C36H35NO5. The van der Waals surface area contributed by atoms with Crippen LogP contribution in [-0.2, 0) is 15.0 Å². The van der Waals surface area contributed by atoms with Crippen LogP contribution >= 0.6 is 0 Å². The van der Waals surface area contributed by atoms with Crippen molar-refractivity contribution in [3.63, 3.8) is 0 Å². The van der Waals surface area contributed by atoms with Gasteiger partial charge in [0, 0.05) is 16.8 Å². The highest BCUT2D eigenvalue weighted by molar-refractivity contribution is 6.51. The second-order valence-corrected chi connectivity index (χ2v) is 11.3. The fraction of sp³-hybridized carbons (Fsp3) is 0.222. The predicted octanol–water partition coefficient (Wildman–Crippen LogP) is 8.11. The van der Waals surface area contributed by atoms with Crippen molar-refractivity contribution in [2.45, 2.75) is 46.1 Å². The molecule has 6 nitrogen and oxygen atoms in total. The molecule has 1 aliphatic heterocycles. The number of carbonyl (C=O) groups is 2. The van der Waals surface area contributed by atoms with Gasteiger partial charge < -0.3 is 14.6 Å². The van der Waals surface area contributed by atoms with Crippen molar-refractivity contribution in [3.8, 4) is 17.2 Å². The first-order valence-electron chi connectivity index (χ1n) is 14.1. The molecule has 1 aliphatic rings. The van der Waals surface area contributed by atoms with Crippen molar-refractivity contribution in [2.75, 3.05) is 11.5 Å². The monoisotopic (exact) mass is 561 g/mol. The molecule has 1 N–H and O–H groups in total. The molecule has 1 fully saturated rings. The Kier molecular flexibility index (Phi) is 7.90. The smallest absolute Gasteiger partial charge is 0.300 e. The average Bonchev–Trinajstić information content (AvgIpc) is 3.23. The zero-order valence-electron chi connectivity index (χ0n) is 24.5. The van der Waals surface area contributed by atoms with Gasteiger partial charge in [-0.15, -0.1) is 0 Å². The van der Waals surface area contributed by atoms with E-state index in [1.54, 1.807) is 18.2 Å². The molecule has 6 heteroatoms. The molecule has 0 aromatic heterocycles. The van der Waals surface area contributed by atoms with Gasteiger partial charge in [0.25, 0.3) is 11.7 Å². The number of hydrogen-bond acceptors (Lipinski definition) is 5. The molecule has 42 heavy (non-hydrogen) atoms. The van der Waals surface area contributed by atoms with Crippen molar-refractivity contribution in [2.24, 2.45) is 0 Å². The van der Waals surface area contributed by atoms with E-state index in [1.165, 1.54) is 4.90 Å². The SMILES string of the molecule is CCOc1ccc(/C(O)=C2\C(=O)C(=O)N(c3ccccc3C)C2c2cccc(Oc3ccccc3)c2)cc1C(C)(C)C. The van der Waals surface area contributed by atoms with Gasteiger partial charge in [-0.2, -0.15) is 0 Å². The molecule has 0 saturated carbocycles. The van der Waals surface area contributed by atoms with Crippen LogP contribution in [-0.4, -0.2) is 23.4 Å². The number of rotatable bonds is 7. The number of para-hydroxylation sites is 2. The summed E-state index contributed by atoms with van der Waals surface area (Å²) in [6, 6.07) is 28.6. The summed E-state index contributed by atoms with van der Waals surface area (Å²) in [5.74, 6) is 0.229. The maximum Gasteiger partial charge on any atom is 0.300 e. The molecule has 1 heterocycles. The van der Waals surface area contributed by atoms with Gasteiger partial charge in [0.05, 0.1) is 18.2 Å². The van der Waals surface area contributed by atoms with E-state index < -0.39 is 17.7 Å². The van der Waals surface area contributed by atoms with Crippen molar-refractivity contribution >= 4 is 23.1 Å². The van der Waals surface area contributed by atoms with E-state index in [0.717, 1.165) is 11.1 Å². The number of anilines is 1. The van der Waals surface area contributed by atoms with E-state index in [-0.39, 0.29) is 16.7 Å². The van der Waals surface area contributed by atoms with Crippen LogP contribution in [0.5, 0.6) is 17.2 Å². The molecule has 0 spiro atoms. The summed E-state index contributed by atoms with van der Waals surface area (Å²) in [7, 11) is 0. The third-order valence-corrected chi connectivity index (χ3v) is 7.33. The van der Waals surface area contributed by atoms with Crippen molar-refractivity contribution in [1.29, 1.82) is 0 Å². The number of aliphatic hydroxyl groups excluding tert-OH is 1. The largest absolute Gasteiger partial charge is 0.507 e. The number of ether oxygens (including phenoxy) is 2.